The van der Waals surface area contributed by atoms with Gasteiger partial charge in [-0.25, -0.2) is 4.68 Å². The van der Waals surface area contributed by atoms with Crippen molar-refractivity contribution >= 4 is 17.5 Å². The third-order valence-corrected chi connectivity index (χ3v) is 3.45. The topological polar surface area (TPSA) is 64.0 Å². The van der Waals surface area contributed by atoms with Crippen LogP contribution in [0, 0.1) is 0 Å². The van der Waals surface area contributed by atoms with E-state index in [1.165, 1.54) is 10.7 Å². The van der Waals surface area contributed by atoms with Crippen molar-refractivity contribution in [2.75, 3.05) is 6.54 Å². The van der Waals surface area contributed by atoms with E-state index in [-0.39, 0.29) is 11.5 Å². The predicted octanol–water partition coefficient (Wildman–Crippen LogP) is 2.48. The van der Waals surface area contributed by atoms with E-state index < -0.39 is 0 Å². The van der Waals surface area contributed by atoms with Crippen LogP contribution in [-0.2, 0) is 11.3 Å². The number of rotatable bonds is 6. The van der Waals surface area contributed by atoms with Crippen LogP contribution >= 0.6 is 11.6 Å². The molecule has 1 heterocycles. The number of carbonyl (C=O) groups is 1. The molecule has 22 heavy (non-hydrogen) atoms. The van der Waals surface area contributed by atoms with E-state index in [0.29, 0.717) is 36.6 Å². The first-order valence-corrected chi connectivity index (χ1v) is 7.58. The smallest absolute Gasteiger partial charge is 0.266 e. The molecule has 0 aliphatic carbocycles. The molecule has 1 aromatic heterocycles. The number of nitrogens with one attached hydrogen (secondary N) is 1. The first kappa shape index (κ1) is 16.2. The molecule has 0 aliphatic heterocycles. The number of hydrogen-bond acceptors (Lipinski definition) is 3. The summed E-state index contributed by atoms with van der Waals surface area (Å²) in [6.07, 6.45) is 1.12. The minimum absolute atomic E-state index is 0.00946. The van der Waals surface area contributed by atoms with Gasteiger partial charge in [0.25, 0.3) is 5.56 Å². The Bertz CT molecular complexity index is 695. The lowest BCUT2D eigenvalue weighted by Crippen LogP contribution is -2.27. The van der Waals surface area contributed by atoms with Crippen molar-refractivity contribution in [3.63, 3.8) is 0 Å². The quantitative estimate of drug-likeness (QED) is 0.832. The van der Waals surface area contributed by atoms with Crippen molar-refractivity contribution in [3.8, 4) is 11.3 Å². The number of hydrogen-bond donors (Lipinski definition) is 1. The van der Waals surface area contributed by atoms with Crippen LogP contribution in [0.25, 0.3) is 11.3 Å². The molecule has 0 unspecified atom stereocenters. The van der Waals surface area contributed by atoms with Gasteiger partial charge in [-0.3, -0.25) is 9.59 Å². The highest BCUT2D eigenvalue weighted by molar-refractivity contribution is 6.30. The van der Waals surface area contributed by atoms with E-state index in [2.05, 4.69) is 10.4 Å². The number of benzene rings is 1. The van der Waals surface area contributed by atoms with E-state index in [1.807, 2.05) is 12.1 Å². The Balaban J connectivity index is 2.05. The van der Waals surface area contributed by atoms with Gasteiger partial charge in [-0.05, 0) is 24.6 Å². The van der Waals surface area contributed by atoms with Crippen LogP contribution < -0.4 is 10.9 Å². The molecular weight excluding hydrogens is 302 g/mol. The van der Waals surface area contributed by atoms with Crippen molar-refractivity contribution in [1.29, 1.82) is 0 Å². The van der Waals surface area contributed by atoms with Crippen LogP contribution in [-0.4, -0.2) is 22.2 Å². The number of aromatic nitrogens is 2. The minimum atomic E-state index is -0.153. The highest BCUT2D eigenvalue weighted by Gasteiger charge is 2.04. The molecule has 6 heteroatoms. The maximum absolute atomic E-state index is 11.8. The number of halogens is 1. The molecule has 0 saturated carbocycles. The van der Waals surface area contributed by atoms with E-state index >= 15 is 0 Å². The molecule has 0 bridgehead atoms. The molecule has 5 nitrogen and oxygen atoms in total. The molecule has 0 atom stereocenters. The minimum Gasteiger partial charge on any atom is -0.356 e. The van der Waals surface area contributed by atoms with Gasteiger partial charge in [0.2, 0.25) is 5.91 Å². The Morgan fingerprint density at radius 2 is 1.95 bits per heavy atom. The van der Waals surface area contributed by atoms with Gasteiger partial charge in [-0.2, -0.15) is 5.10 Å². The second-order valence-electron chi connectivity index (χ2n) is 4.84. The molecule has 0 radical (unpaired) electrons. The molecular formula is C16H18ClN3O2. The lowest BCUT2D eigenvalue weighted by Gasteiger charge is -2.08. The normalized spacial score (nSPS) is 10.5. The summed E-state index contributed by atoms with van der Waals surface area (Å²) < 4.78 is 1.42. The summed E-state index contributed by atoms with van der Waals surface area (Å²) in [6.45, 7) is 2.80. The standard InChI is InChI=1S/C16H18ClN3O2/c1-2-15(21)18-10-3-11-20-16(22)9-8-14(19-20)12-4-6-13(17)7-5-12/h4-9H,2-3,10-11H2,1H3,(H,18,21). The molecule has 0 saturated heterocycles. The van der Waals surface area contributed by atoms with E-state index in [0.717, 1.165) is 5.56 Å². The summed E-state index contributed by atoms with van der Waals surface area (Å²) in [5.41, 5.74) is 1.46. The first-order valence-electron chi connectivity index (χ1n) is 7.21. The lowest BCUT2D eigenvalue weighted by molar-refractivity contribution is -0.120. The molecule has 0 spiro atoms. The average molecular weight is 320 g/mol. The van der Waals surface area contributed by atoms with Crippen molar-refractivity contribution < 1.29 is 4.79 Å². The summed E-state index contributed by atoms with van der Waals surface area (Å²) in [5, 5.41) is 7.79. The number of amides is 1. The van der Waals surface area contributed by atoms with Crippen LogP contribution in [0.2, 0.25) is 5.02 Å². The molecule has 0 fully saturated rings. The molecule has 0 aliphatic rings. The third-order valence-electron chi connectivity index (χ3n) is 3.20. The molecule has 1 N–H and O–H groups in total. The number of carbonyl (C=O) groups excluding carboxylic acids is 1. The summed E-state index contributed by atoms with van der Waals surface area (Å²) in [7, 11) is 0. The van der Waals surface area contributed by atoms with Crippen molar-refractivity contribution in [2.45, 2.75) is 26.3 Å². The van der Waals surface area contributed by atoms with Gasteiger partial charge < -0.3 is 5.32 Å². The molecule has 1 aromatic carbocycles. The predicted molar refractivity (Wildman–Crippen MR) is 86.9 cm³/mol. The van der Waals surface area contributed by atoms with Gasteiger partial charge in [0.1, 0.15) is 0 Å². The number of nitrogens with zero attached hydrogens (tertiary/aromatic N) is 2. The SMILES string of the molecule is CCC(=O)NCCCn1nc(-c2ccc(Cl)cc2)ccc1=O. The Morgan fingerprint density at radius 3 is 2.64 bits per heavy atom. The fourth-order valence-corrected chi connectivity index (χ4v) is 2.09. The van der Waals surface area contributed by atoms with Gasteiger partial charge in [0, 0.05) is 36.2 Å². The van der Waals surface area contributed by atoms with Crippen molar-refractivity contribution in [1.82, 2.24) is 15.1 Å². The maximum Gasteiger partial charge on any atom is 0.266 e. The van der Waals surface area contributed by atoms with Gasteiger partial charge in [0.05, 0.1) is 5.69 Å². The summed E-state index contributed by atoms with van der Waals surface area (Å²) in [5.74, 6) is 0.00946. The average Bonchev–Trinajstić information content (AvgIpc) is 2.53. The van der Waals surface area contributed by atoms with Crippen molar-refractivity contribution in [3.05, 3.63) is 51.8 Å². The first-order chi connectivity index (χ1) is 10.6. The van der Waals surface area contributed by atoms with Crippen LogP contribution in [0.4, 0.5) is 0 Å². The Morgan fingerprint density at radius 1 is 1.23 bits per heavy atom. The van der Waals surface area contributed by atoms with E-state index in [1.54, 1.807) is 25.1 Å². The maximum atomic E-state index is 11.8. The van der Waals surface area contributed by atoms with Gasteiger partial charge >= 0.3 is 0 Å². The van der Waals surface area contributed by atoms with Gasteiger partial charge in [0.15, 0.2) is 0 Å². The molecule has 2 aromatic rings. The molecule has 2 rings (SSSR count). The van der Waals surface area contributed by atoms with E-state index in [9.17, 15) is 9.59 Å². The Labute approximate surface area is 133 Å². The van der Waals surface area contributed by atoms with Gasteiger partial charge in [-0.15, -0.1) is 0 Å². The monoisotopic (exact) mass is 319 g/mol. The van der Waals surface area contributed by atoms with Crippen LogP contribution in [0.1, 0.15) is 19.8 Å². The number of aryl methyl sites for hydroxylation is 1. The van der Waals surface area contributed by atoms with Crippen LogP contribution in [0.5, 0.6) is 0 Å². The largest absolute Gasteiger partial charge is 0.356 e. The highest BCUT2D eigenvalue weighted by Crippen LogP contribution is 2.18. The van der Waals surface area contributed by atoms with Gasteiger partial charge in [-0.1, -0.05) is 30.7 Å². The van der Waals surface area contributed by atoms with Crippen LogP contribution in [0.15, 0.2) is 41.2 Å². The molecule has 116 valence electrons. The van der Waals surface area contributed by atoms with E-state index in [4.69, 9.17) is 11.6 Å². The second kappa shape index (κ2) is 7.75. The zero-order valence-electron chi connectivity index (χ0n) is 12.4. The highest BCUT2D eigenvalue weighted by atomic mass is 35.5. The Kier molecular flexibility index (Phi) is 5.72. The fourth-order valence-electron chi connectivity index (χ4n) is 1.97. The summed E-state index contributed by atoms with van der Waals surface area (Å²) in [4.78, 5) is 23.0. The third kappa shape index (κ3) is 4.43. The molecule has 1 amide bonds. The van der Waals surface area contributed by atoms with Crippen molar-refractivity contribution in [2.24, 2.45) is 0 Å². The zero-order chi connectivity index (χ0) is 15.9. The summed E-state index contributed by atoms with van der Waals surface area (Å²) in [6, 6.07) is 10.5. The zero-order valence-corrected chi connectivity index (χ0v) is 13.1. The van der Waals surface area contributed by atoms with Crippen LogP contribution in [0.3, 0.4) is 0 Å². The Hall–Kier alpha value is -2.14. The summed E-state index contributed by atoms with van der Waals surface area (Å²) >= 11 is 5.87. The fraction of sp³-hybridized carbons (Fsp3) is 0.312. The second-order valence-corrected chi connectivity index (χ2v) is 5.28. The lowest BCUT2D eigenvalue weighted by atomic mass is 10.1.